The lowest BCUT2D eigenvalue weighted by Gasteiger charge is -2.36. The fourth-order valence-electron chi connectivity index (χ4n) is 5.07. The number of carbonyl (C=O) groups is 1. The van der Waals surface area contributed by atoms with Crippen molar-refractivity contribution in [2.24, 2.45) is 0 Å². The van der Waals surface area contributed by atoms with Gasteiger partial charge in [0.15, 0.2) is 0 Å². The molecule has 6 heteroatoms. The van der Waals surface area contributed by atoms with Crippen LogP contribution in [-0.4, -0.2) is 78.9 Å². The Balaban J connectivity index is 1.36. The zero-order valence-electron chi connectivity index (χ0n) is 17.6. The maximum atomic E-state index is 13.2. The summed E-state index contributed by atoms with van der Waals surface area (Å²) in [6, 6.07) is 8.79. The molecule has 1 aromatic rings. The molecule has 0 radical (unpaired) electrons. The highest BCUT2D eigenvalue weighted by Gasteiger charge is 2.41. The van der Waals surface area contributed by atoms with Crippen LogP contribution in [0, 0.1) is 0 Å². The summed E-state index contributed by atoms with van der Waals surface area (Å²) in [6.07, 6.45) is 5.89. The number of anilines is 1. The molecule has 0 aromatic heterocycles. The molecule has 0 unspecified atom stereocenters. The number of hydrogen-bond acceptors (Lipinski definition) is 5. The van der Waals surface area contributed by atoms with Crippen LogP contribution in [0.15, 0.2) is 24.3 Å². The number of aliphatic hydroxyl groups excluding tert-OH is 1. The minimum Gasteiger partial charge on any atom is -0.392 e. The molecule has 0 aliphatic carbocycles. The third-order valence-electron chi connectivity index (χ3n) is 6.72. The average Bonchev–Trinajstić information content (AvgIpc) is 3.16. The maximum absolute atomic E-state index is 13.2. The van der Waals surface area contributed by atoms with Crippen molar-refractivity contribution in [3.63, 3.8) is 0 Å². The Morgan fingerprint density at radius 1 is 1.14 bits per heavy atom. The zero-order valence-corrected chi connectivity index (χ0v) is 17.6. The van der Waals surface area contributed by atoms with E-state index < -0.39 is 6.10 Å². The molecule has 0 saturated carbocycles. The van der Waals surface area contributed by atoms with Gasteiger partial charge in [0.05, 0.1) is 12.1 Å². The molecule has 3 aliphatic rings. The highest BCUT2D eigenvalue weighted by Crippen LogP contribution is 2.27. The normalized spacial score (nSPS) is 26.6. The lowest BCUT2D eigenvalue weighted by molar-refractivity contribution is -0.136. The standard InChI is InChI=1S/C23H35N3O3/c1-24(16-18-5-7-19(8-6-18)25-11-3-2-4-12-25)23(28)22-15-21(27)17-26(22)20-9-13-29-14-10-20/h5-8,20-22,27H,2-4,9-17H2,1H3/t21-,22+/m1/s1. The third kappa shape index (κ3) is 4.93. The first-order valence-corrected chi connectivity index (χ1v) is 11.2. The number of rotatable bonds is 5. The average molecular weight is 402 g/mol. The molecule has 29 heavy (non-hydrogen) atoms. The smallest absolute Gasteiger partial charge is 0.240 e. The minimum absolute atomic E-state index is 0.119. The first kappa shape index (κ1) is 20.6. The molecule has 0 bridgehead atoms. The van der Waals surface area contributed by atoms with Gasteiger partial charge in [-0.05, 0) is 56.2 Å². The van der Waals surface area contributed by atoms with Gasteiger partial charge >= 0.3 is 0 Å². The first-order chi connectivity index (χ1) is 14.1. The van der Waals surface area contributed by atoms with Gasteiger partial charge in [0.2, 0.25) is 5.91 Å². The van der Waals surface area contributed by atoms with Gasteiger partial charge in [-0.3, -0.25) is 9.69 Å². The number of ether oxygens (including phenoxy) is 1. The van der Waals surface area contributed by atoms with Crippen molar-refractivity contribution in [1.82, 2.24) is 9.80 Å². The van der Waals surface area contributed by atoms with E-state index in [2.05, 4.69) is 34.1 Å². The molecule has 1 aromatic carbocycles. The van der Waals surface area contributed by atoms with E-state index in [0.717, 1.165) is 44.7 Å². The van der Waals surface area contributed by atoms with Crippen LogP contribution in [0.5, 0.6) is 0 Å². The Hall–Kier alpha value is -1.63. The van der Waals surface area contributed by atoms with Gasteiger partial charge in [-0.1, -0.05) is 12.1 Å². The van der Waals surface area contributed by atoms with Gasteiger partial charge in [0.1, 0.15) is 0 Å². The predicted molar refractivity (Wildman–Crippen MR) is 114 cm³/mol. The molecule has 1 N–H and O–H groups in total. The van der Waals surface area contributed by atoms with Gasteiger partial charge in [0, 0.05) is 58.2 Å². The van der Waals surface area contributed by atoms with Crippen molar-refractivity contribution in [2.45, 2.75) is 63.3 Å². The summed E-state index contributed by atoms with van der Waals surface area (Å²) in [7, 11) is 1.88. The van der Waals surface area contributed by atoms with E-state index in [1.807, 2.05) is 11.9 Å². The van der Waals surface area contributed by atoms with Crippen LogP contribution in [0.2, 0.25) is 0 Å². The number of carbonyl (C=O) groups excluding carboxylic acids is 1. The number of aliphatic hydroxyl groups is 1. The number of piperidine rings is 1. The molecule has 2 atom stereocenters. The van der Waals surface area contributed by atoms with Crippen LogP contribution in [0.1, 0.15) is 44.1 Å². The predicted octanol–water partition coefficient (Wildman–Crippen LogP) is 2.25. The van der Waals surface area contributed by atoms with Gasteiger partial charge in [-0.2, -0.15) is 0 Å². The summed E-state index contributed by atoms with van der Waals surface area (Å²) in [5.74, 6) is 0.119. The summed E-state index contributed by atoms with van der Waals surface area (Å²) < 4.78 is 5.47. The summed E-state index contributed by atoms with van der Waals surface area (Å²) >= 11 is 0. The van der Waals surface area contributed by atoms with E-state index in [9.17, 15) is 9.90 Å². The van der Waals surface area contributed by atoms with Crippen LogP contribution < -0.4 is 4.90 Å². The van der Waals surface area contributed by atoms with Crippen molar-refractivity contribution < 1.29 is 14.6 Å². The Labute approximate surface area is 174 Å². The second-order valence-electron chi connectivity index (χ2n) is 8.85. The SMILES string of the molecule is CN(Cc1ccc(N2CCCCC2)cc1)C(=O)[C@@H]1C[C@@H](O)CN1C1CCOCC1. The van der Waals surface area contributed by atoms with Crippen LogP contribution in [0.4, 0.5) is 5.69 Å². The molecule has 6 nitrogen and oxygen atoms in total. The van der Waals surface area contributed by atoms with E-state index in [4.69, 9.17) is 4.74 Å². The highest BCUT2D eigenvalue weighted by molar-refractivity contribution is 5.82. The largest absolute Gasteiger partial charge is 0.392 e. The van der Waals surface area contributed by atoms with Gasteiger partial charge < -0.3 is 19.6 Å². The van der Waals surface area contributed by atoms with Gasteiger partial charge in [-0.25, -0.2) is 0 Å². The van der Waals surface area contributed by atoms with Crippen molar-refractivity contribution in [1.29, 1.82) is 0 Å². The van der Waals surface area contributed by atoms with Crippen molar-refractivity contribution in [2.75, 3.05) is 44.8 Å². The lowest BCUT2D eigenvalue weighted by Crippen LogP contribution is -2.49. The van der Waals surface area contributed by atoms with Gasteiger partial charge in [0.25, 0.3) is 0 Å². The quantitative estimate of drug-likeness (QED) is 0.820. The number of amides is 1. The van der Waals surface area contributed by atoms with E-state index in [1.165, 1.54) is 24.9 Å². The Morgan fingerprint density at radius 3 is 2.52 bits per heavy atom. The molecular formula is C23H35N3O3. The molecule has 3 fully saturated rings. The third-order valence-corrected chi connectivity index (χ3v) is 6.72. The van der Waals surface area contributed by atoms with Crippen molar-refractivity contribution in [3.8, 4) is 0 Å². The summed E-state index contributed by atoms with van der Waals surface area (Å²) in [4.78, 5) is 19.7. The monoisotopic (exact) mass is 401 g/mol. The maximum Gasteiger partial charge on any atom is 0.240 e. The first-order valence-electron chi connectivity index (χ1n) is 11.2. The Kier molecular flexibility index (Phi) is 6.73. The number of nitrogens with zero attached hydrogens (tertiary/aromatic N) is 3. The van der Waals surface area contributed by atoms with Crippen LogP contribution in [-0.2, 0) is 16.1 Å². The highest BCUT2D eigenvalue weighted by atomic mass is 16.5. The lowest BCUT2D eigenvalue weighted by atomic mass is 10.0. The van der Waals surface area contributed by atoms with Crippen LogP contribution in [0.3, 0.4) is 0 Å². The number of benzene rings is 1. The van der Waals surface area contributed by atoms with E-state index >= 15 is 0 Å². The molecule has 3 saturated heterocycles. The molecule has 4 rings (SSSR count). The molecular weight excluding hydrogens is 366 g/mol. The van der Waals surface area contributed by atoms with Crippen molar-refractivity contribution >= 4 is 11.6 Å². The Bertz CT molecular complexity index is 668. The van der Waals surface area contributed by atoms with Gasteiger partial charge in [-0.15, -0.1) is 0 Å². The summed E-state index contributed by atoms with van der Waals surface area (Å²) in [5.41, 5.74) is 2.44. The van der Waals surface area contributed by atoms with Crippen molar-refractivity contribution in [3.05, 3.63) is 29.8 Å². The Morgan fingerprint density at radius 2 is 1.83 bits per heavy atom. The van der Waals surface area contributed by atoms with E-state index in [-0.39, 0.29) is 11.9 Å². The number of likely N-dealkylation sites (tertiary alicyclic amines) is 1. The second kappa shape index (κ2) is 9.45. The topological polar surface area (TPSA) is 56.2 Å². The summed E-state index contributed by atoms with van der Waals surface area (Å²) in [6.45, 7) is 4.98. The number of β-amino-alcohol motifs (C(OH)–C–C–N with tert-alkyl or cyclic N) is 1. The fourth-order valence-corrected chi connectivity index (χ4v) is 5.07. The number of hydrogen-bond donors (Lipinski definition) is 1. The minimum atomic E-state index is -0.413. The fraction of sp³-hybridized carbons (Fsp3) is 0.696. The number of likely N-dealkylation sites (N-methyl/N-ethyl adjacent to an activating group) is 1. The second-order valence-corrected chi connectivity index (χ2v) is 8.85. The van der Waals surface area contributed by atoms with Crippen LogP contribution in [0.25, 0.3) is 0 Å². The molecule has 3 heterocycles. The molecule has 160 valence electrons. The molecule has 1 amide bonds. The van der Waals surface area contributed by atoms with E-state index in [1.54, 1.807) is 0 Å². The summed E-state index contributed by atoms with van der Waals surface area (Å²) in [5, 5.41) is 10.2. The zero-order chi connectivity index (χ0) is 20.2. The molecule has 3 aliphatic heterocycles. The van der Waals surface area contributed by atoms with Crippen LogP contribution >= 0.6 is 0 Å². The van der Waals surface area contributed by atoms with E-state index in [0.29, 0.717) is 25.6 Å². The molecule has 0 spiro atoms.